The molecule has 106 valence electrons. The third-order valence-corrected chi connectivity index (χ3v) is 3.02. The van der Waals surface area contributed by atoms with Gasteiger partial charge in [-0.2, -0.15) is 0 Å². The van der Waals surface area contributed by atoms with Crippen LogP contribution in [0.5, 0.6) is 0 Å². The summed E-state index contributed by atoms with van der Waals surface area (Å²) in [5, 5.41) is 3.37. The van der Waals surface area contributed by atoms with Crippen LogP contribution in [0, 0.1) is 5.92 Å². The van der Waals surface area contributed by atoms with E-state index in [-0.39, 0.29) is 0 Å². The Morgan fingerprint density at radius 2 is 1.55 bits per heavy atom. The maximum absolute atomic E-state index is 5.55. The van der Waals surface area contributed by atoms with Gasteiger partial charge in [-0.05, 0) is 29.2 Å². The van der Waals surface area contributed by atoms with E-state index < -0.39 is 0 Å². The molecule has 0 fully saturated rings. The highest BCUT2D eigenvalue weighted by Gasteiger charge is 1.97. The lowest BCUT2D eigenvalue weighted by atomic mass is 10.1. The number of rotatable bonds is 7. The molecule has 0 amide bonds. The van der Waals surface area contributed by atoms with Crippen molar-refractivity contribution in [1.82, 2.24) is 0 Å². The Balaban J connectivity index is 1.80. The standard InChI is InChI=1S/C18H23NO/c1-15(2)14-20-13-12-19-18-10-8-17(9-11-18)16-6-4-3-5-7-16/h3-11,15,19H,12-14H2,1-2H3. The van der Waals surface area contributed by atoms with Crippen molar-refractivity contribution in [3.05, 3.63) is 54.6 Å². The predicted octanol–water partition coefficient (Wildman–Crippen LogP) is 4.44. The van der Waals surface area contributed by atoms with Crippen LogP contribution in [0.15, 0.2) is 54.6 Å². The molecule has 20 heavy (non-hydrogen) atoms. The Kier molecular flexibility index (Phi) is 5.63. The van der Waals surface area contributed by atoms with Crippen LogP contribution in [0.2, 0.25) is 0 Å². The summed E-state index contributed by atoms with van der Waals surface area (Å²) in [6.07, 6.45) is 0. The SMILES string of the molecule is CC(C)COCCNc1ccc(-c2ccccc2)cc1. The van der Waals surface area contributed by atoms with E-state index in [0.29, 0.717) is 5.92 Å². The van der Waals surface area contributed by atoms with Crippen LogP contribution < -0.4 is 5.32 Å². The highest BCUT2D eigenvalue weighted by Crippen LogP contribution is 2.20. The highest BCUT2D eigenvalue weighted by atomic mass is 16.5. The lowest BCUT2D eigenvalue weighted by molar-refractivity contribution is 0.118. The molecule has 0 spiro atoms. The summed E-state index contributed by atoms with van der Waals surface area (Å²) in [4.78, 5) is 0. The van der Waals surface area contributed by atoms with E-state index in [1.54, 1.807) is 0 Å². The van der Waals surface area contributed by atoms with Crippen LogP contribution in [-0.4, -0.2) is 19.8 Å². The maximum atomic E-state index is 5.55. The summed E-state index contributed by atoms with van der Waals surface area (Å²) >= 11 is 0. The van der Waals surface area contributed by atoms with Gasteiger partial charge in [-0.25, -0.2) is 0 Å². The minimum Gasteiger partial charge on any atom is -0.383 e. The summed E-state index contributed by atoms with van der Waals surface area (Å²) in [7, 11) is 0. The molecule has 0 aromatic heterocycles. The molecular formula is C18H23NO. The van der Waals surface area contributed by atoms with Crippen LogP contribution >= 0.6 is 0 Å². The Morgan fingerprint density at radius 3 is 2.20 bits per heavy atom. The molecule has 1 N–H and O–H groups in total. The number of anilines is 1. The van der Waals surface area contributed by atoms with Crippen LogP contribution in [-0.2, 0) is 4.74 Å². The fourth-order valence-electron chi connectivity index (χ4n) is 2.00. The van der Waals surface area contributed by atoms with Crippen LogP contribution in [0.4, 0.5) is 5.69 Å². The number of hydrogen-bond donors (Lipinski definition) is 1. The second-order valence-corrected chi connectivity index (χ2v) is 5.34. The summed E-state index contributed by atoms with van der Waals surface area (Å²) < 4.78 is 5.55. The van der Waals surface area contributed by atoms with Crippen molar-refractivity contribution in [3.63, 3.8) is 0 Å². The Labute approximate surface area is 121 Å². The van der Waals surface area contributed by atoms with Crippen molar-refractivity contribution in [2.75, 3.05) is 25.1 Å². The number of ether oxygens (including phenoxy) is 1. The molecule has 0 bridgehead atoms. The molecule has 0 aliphatic carbocycles. The van der Waals surface area contributed by atoms with E-state index in [9.17, 15) is 0 Å². The molecule has 0 aliphatic heterocycles. The van der Waals surface area contributed by atoms with Crippen molar-refractivity contribution in [2.24, 2.45) is 5.92 Å². The number of hydrogen-bond acceptors (Lipinski definition) is 2. The number of benzene rings is 2. The zero-order chi connectivity index (χ0) is 14.2. The fraction of sp³-hybridized carbons (Fsp3) is 0.333. The molecule has 0 aliphatic rings. The monoisotopic (exact) mass is 269 g/mol. The Bertz CT molecular complexity index is 491. The first kappa shape index (κ1) is 14.6. The van der Waals surface area contributed by atoms with Gasteiger partial charge in [0.1, 0.15) is 0 Å². The van der Waals surface area contributed by atoms with E-state index in [1.807, 2.05) is 6.07 Å². The Morgan fingerprint density at radius 1 is 0.900 bits per heavy atom. The molecule has 0 unspecified atom stereocenters. The van der Waals surface area contributed by atoms with E-state index in [0.717, 1.165) is 25.4 Å². The smallest absolute Gasteiger partial charge is 0.0639 e. The zero-order valence-corrected chi connectivity index (χ0v) is 12.3. The zero-order valence-electron chi connectivity index (χ0n) is 12.3. The molecular weight excluding hydrogens is 246 g/mol. The number of nitrogens with one attached hydrogen (secondary N) is 1. The van der Waals surface area contributed by atoms with Crippen molar-refractivity contribution in [3.8, 4) is 11.1 Å². The molecule has 0 heterocycles. The van der Waals surface area contributed by atoms with Crippen LogP contribution in [0.1, 0.15) is 13.8 Å². The molecule has 2 heteroatoms. The first-order valence-corrected chi connectivity index (χ1v) is 7.23. The summed E-state index contributed by atoms with van der Waals surface area (Å²) in [5.41, 5.74) is 3.63. The van der Waals surface area contributed by atoms with Gasteiger partial charge in [-0.1, -0.05) is 56.3 Å². The van der Waals surface area contributed by atoms with Gasteiger partial charge in [0, 0.05) is 18.8 Å². The minimum atomic E-state index is 0.597. The third-order valence-electron chi connectivity index (χ3n) is 3.02. The van der Waals surface area contributed by atoms with E-state index >= 15 is 0 Å². The molecule has 2 nitrogen and oxygen atoms in total. The topological polar surface area (TPSA) is 21.3 Å². The van der Waals surface area contributed by atoms with Crippen LogP contribution in [0.25, 0.3) is 11.1 Å². The Hall–Kier alpha value is -1.80. The summed E-state index contributed by atoms with van der Waals surface area (Å²) in [6.45, 7) is 6.75. The molecule has 0 radical (unpaired) electrons. The van der Waals surface area contributed by atoms with Crippen LogP contribution in [0.3, 0.4) is 0 Å². The van der Waals surface area contributed by atoms with Gasteiger partial charge >= 0.3 is 0 Å². The van der Waals surface area contributed by atoms with Gasteiger partial charge in [0.2, 0.25) is 0 Å². The van der Waals surface area contributed by atoms with E-state index in [2.05, 4.69) is 67.7 Å². The third kappa shape index (κ3) is 4.71. The molecule has 0 atom stereocenters. The average Bonchev–Trinajstić information content (AvgIpc) is 2.48. The van der Waals surface area contributed by atoms with E-state index in [4.69, 9.17) is 4.74 Å². The lowest BCUT2D eigenvalue weighted by Gasteiger charge is -2.09. The van der Waals surface area contributed by atoms with Gasteiger partial charge in [-0.3, -0.25) is 0 Å². The van der Waals surface area contributed by atoms with Crippen molar-refractivity contribution in [2.45, 2.75) is 13.8 Å². The van der Waals surface area contributed by atoms with Crippen molar-refractivity contribution in [1.29, 1.82) is 0 Å². The summed E-state index contributed by atoms with van der Waals surface area (Å²) in [6, 6.07) is 18.9. The quantitative estimate of drug-likeness (QED) is 0.750. The molecule has 0 saturated heterocycles. The fourth-order valence-corrected chi connectivity index (χ4v) is 2.00. The molecule has 2 rings (SSSR count). The first-order valence-electron chi connectivity index (χ1n) is 7.23. The van der Waals surface area contributed by atoms with Crippen molar-refractivity contribution < 1.29 is 4.74 Å². The summed E-state index contributed by atoms with van der Waals surface area (Å²) in [5.74, 6) is 0.597. The maximum Gasteiger partial charge on any atom is 0.0639 e. The van der Waals surface area contributed by atoms with Gasteiger partial charge in [0.25, 0.3) is 0 Å². The predicted molar refractivity (Wildman–Crippen MR) is 86.0 cm³/mol. The molecule has 2 aromatic carbocycles. The average molecular weight is 269 g/mol. The lowest BCUT2D eigenvalue weighted by Crippen LogP contribution is -2.11. The minimum absolute atomic E-state index is 0.597. The second-order valence-electron chi connectivity index (χ2n) is 5.34. The second kappa shape index (κ2) is 7.71. The normalized spacial score (nSPS) is 10.8. The highest BCUT2D eigenvalue weighted by molar-refractivity contribution is 5.65. The van der Waals surface area contributed by atoms with Gasteiger partial charge in [0.15, 0.2) is 0 Å². The molecule has 2 aromatic rings. The molecule has 0 saturated carbocycles. The van der Waals surface area contributed by atoms with Gasteiger partial charge in [0.05, 0.1) is 6.61 Å². The van der Waals surface area contributed by atoms with Gasteiger partial charge in [-0.15, -0.1) is 0 Å². The van der Waals surface area contributed by atoms with Gasteiger partial charge < -0.3 is 10.1 Å². The first-order chi connectivity index (χ1) is 9.75. The van der Waals surface area contributed by atoms with E-state index in [1.165, 1.54) is 11.1 Å². The largest absolute Gasteiger partial charge is 0.383 e. The van der Waals surface area contributed by atoms with Crippen molar-refractivity contribution >= 4 is 5.69 Å².